The van der Waals surface area contributed by atoms with E-state index >= 15 is 0 Å². The number of hydrogen-bond donors (Lipinski definition) is 3. The van der Waals surface area contributed by atoms with Gasteiger partial charge in [-0.15, -0.1) is 0 Å². The first-order chi connectivity index (χ1) is 14.9. The van der Waals surface area contributed by atoms with E-state index in [2.05, 4.69) is 30.6 Å². The maximum Gasteiger partial charge on any atom is 0.254 e. The van der Waals surface area contributed by atoms with Crippen LogP contribution in [0.3, 0.4) is 0 Å². The molecule has 0 spiro atoms. The number of nitrogens with zero attached hydrogens (tertiary/aromatic N) is 3. The number of aryl methyl sites for hydroxylation is 3. The van der Waals surface area contributed by atoms with Crippen LogP contribution in [0.25, 0.3) is 10.9 Å². The second-order valence-electron chi connectivity index (χ2n) is 7.49. The van der Waals surface area contributed by atoms with Gasteiger partial charge in [0.25, 0.3) is 5.91 Å². The van der Waals surface area contributed by atoms with Crippen LogP contribution in [0, 0.1) is 26.6 Å². The molecule has 0 aliphatic rings. The molecule has 0 fully saturated rings. The van der Waals surface area contributed by atoms with Crippen molar-refractivity contribution in [2.24, 2.45) is 0 Å². The van der Waals surface area contributed by atoms with Crippen LogP contribution < -0.4 is 10.6 Å². The molecule has 0 aliphatic carbocycles. The molecule has 0 saturated heterocycles. The number of benzene rings is 1. The molecule has 7 nitrogen and oxygen atoms in total. The van der Waals surface area contributed by atoms with E-state index in [-0.39, 0.29) is 11.7 Å². The lowest BCUT2D eigenvalue weighted by Crippen LogP contribution is -2.26. The van der Waals surface area contributed by atoms with Gasteiger partial charge in [0.2, 0.25) is 5.95 Å². The fraction of sp³-hybridized carbons (Fsp3) is 0.217. The number of amides is 1. The largest absolute Gasteiger partial charge is 0.356 e. The van der Waals surface area contributed by atoms with Gasteiger partial charge in [-0.1, -0.05) is 12.1 Å². The third-order valence-corrected chi connectivity index (χ3v) is 5.02. The minimum atomic E-state index is -0.280. The van der Waals surface area contributed by atoms with Gasteiger partial charge in [-0.25, -0.2) is 19.3 Å². The Balaban J connectivity index is 1.37. The Morgan fingerprint density at radius 2 is 1.90 bits per heavy atom. The Hall–Kier alpha value is -3.81. The Kier molecular flexibility index (Phi) is 5.62. The summed E-state index contributed by atoms with van der Waals surface area (Å²) in [5, 5.41) is 6.75. The van der Waals surface area contributed by atoms with E-state index in [9.17, 15) is 9.18 Å². The van der Waals surface area contributed by atoms with E-state index in [0.29, 0.717) is 35.8 Å². The molecule has 0 aliphatic heterocycles. The molecule has 0 unspecified atom stereocenters. The summed E-state index contributed by atoms with van der Waals surface area (Å²) in [5.41, 5.74) is 4.72. The van der Waals surface area contributed by atoms with E-state index < -0.39 is 0 Å². The predicted molar refractivity (Wildman–Crippen MR) is 118 cm³/mol. The number of H-pyrrole nitrogens is 1. The highest BCUT2D eigenvalue weighted by molar-refractivity contribution is 5.93. The number of aromatic amines is 1. The van der Waals surface area contributed by atoms with Crippen molar-refractivity contribution in [1.82, 2.24) is 25.3 Å². The zero-order valence-electron chi connectivity index (χ0n) is 17.6. The van der Waals surface area contributed by atoms with Crippen molar-refractivity contribution < 1.29 is 9.18 Å². The normalized spacial score (nSPS) is 11.0. The molecule has 0 radical (unpaired) electrons. The van der Waals surface area contributed by atoms with E-state index in [1.54, 1.807) is 6.07 Å². The molecule has 0 atom stereocenters. The SMILES string of the molecule is Cc1cc(C)nc(Nc2ncc(C(=O)NCCc3c(C)[nH]c4c(F)cccc34)cn2)c1. The van der Waals surface area contributed by atoms with Gasteiger partial charge in [0.15, 0.2) is 0 Å². The minimum absolute atomic E-state index is 0.264. The standard InChI is InChI=1S/C23H23FN6O/c1-13-9-14(2)28-20(10-13)30-23-26-11-16(12-27-23)22(31)25-8-7-17-15(3)29-21-18(17)5-4-6-19(21)24/h4-6,9-12,29H,7-8H2,1-3H3,(H,25,31)(H,26,27,28,30). The summed E-state index contributed by atoms with van der Waals surface area (Å²) in [5.74, 6) is 0.475. The van der Waals surface area contributed by atoms with Crippen LogP contribution in [-0.2, 0) is 6.42 Å². The van der Waals surface area contributed by atoms with Crippen molar-refractivity contribution in [2.75, 3.05) is 11.9 Å². The van der Waals surface area contributed by atoms with Crippen molar-refractivity contribution in [3.8, 4) is 0 Å². The summed E-state index contributed by atoms with van der Waals surface area (Å²) in [7, 11) is 0. The number of carbonyl (C=O) groups is 1. The van der Waals surface area contributed by atoms with Crippen molar-refractivity contribution in [2.45, 2.75) is 27.2 Å². The van der Waals surface area contributed by atoms with Crippen LogP contribution in [-0.4, -0.2) is 32.4 Å². The number of aromatic nitrogens is 4. The quantitative estimate of drug-likeness (QED) is 0.438. The van der Waals surface area contributed by atoms with E-state index in [1.165, 1.54) is 18.5 Å². The molecule has 158 valence electrons. The first-order valence-electron chi connectivity index (χ1n) is 9.99. The van der Waals surface area contributed by atoms with Gasteiger partial charge < -0.3 is 15.6 Å². The molecule has 4 aromatic rings. The average molecular weight is 418 g/mol. The maximum absolute atomic E-state index is 13.9. The summed E-state index contributed by atoms with van der Waals surface area (Å²) in [6.45, 7) is 6.22. The predicted octanol–water partition coefficient (Wildman–Crippen LogP) is 4.13. The van der Waals surface area contributed by atoms with Gasteiger partial charge >= 0.3 is 0 Å². The summed E-state index contributed by atoms with van der Waals surface area (Å²) < 4.78 is 13.9. The number of hydrogen-bond acceptors (Lipinski definition) is 5. The number of pyridine rings is 1. The monoisotopic (exact) mass is 418 g/mol. The molecule has 4 rings (SSSR count). The molecule has 3 heterocycles. The summed E-state index contributed by atoms with van der Waals surface area (Å²) in [6, 6.07) is 8.87. The number of halogens is 1. The van der Waals surface area contributed by atoms with E-state index in [0.717, 1.165) is 27.9 Å². The summed E-state index contributed by atoms with van der Waals surface area (Å²) in [4.78, 5) is 28.3. The number of carbonyl (C=O) groups excluding carboxylic acids is 1. The minimum Gasteiger partial charge on any atom is -0.356 e. The smallest absolute Gasteiger partial charge is 0.254 e. The molecule has 3 aromatic heterocycles. The van der Waals surface area contributed by atoms with Gasteiger partial charge in [0, 0.05) is 35.7 Å². The third-order valence-electron chi connectivity index (χ3n) is 5.02. The number of rotatable bonds is 6. The van der Waals surface area contributed by atoms with Crippen LogP contribution >= 0.6 is 0 Å². The van der Waals surface area contributed by atoms with Crippen LogP contribution in [0.15, 0.2) is 42.7 Å². The molecule has 8 heteroatoms. The van der Waals surface area contributed by atoms with Gasteiger partial charge in [0.1, 0.15) is 11.6 Å². The second-order valence-corrected chi connectivity index (χ2v) is 7.49. The Morgan fingerprint density at radius 3 is 2.65 bits per heavy atom. The van der Waals surface area contributed by atoms with Gasteiger partial charge in [-0.2, -0.15) is 0 Å². The Morgan fingerprint density at radius 1 is 1.13 bits per heavy atom. The topological polar surface area (TPSA) is 95.6 Å². The Labute approximate surface area is 179 Å². The molecule has 3 N–H and O–H groups in total. The number of nitrogens with one attached hydrogen (secondary N) is 3. The van der Waals surface area contributed by atoms with Crippen molar-refractivity contribution >= 4 is 28.6 Å². The maximum atomic E-state index is 13.9. The lowest BCUT2D eigenvalue weighted by atomic mass is 10.1. The van der Waals surface area contributed by atoms with E-state index in [1.807, 2.05) is 39.0 Å². The molecule has 1 amide bonds. The average Bonchev–Trinajstić information content (AvgIpc) is 3.04. The van der Waals surface area contributed by atoms with Crippen LogP contribution in [0.1, 0.15) is 32.9 Å². The third kappa shape index (κ3) is 4.53. The van der Waals surface area contributed by atoms with Crippen LogP contribution in [0.4, 0.5) is 16.2 Å². The summed E-state index contributed by atoms with van der Waals surface area (Å²) >= 11 is 0. The van der Waals surface area contributed by atoms with Crippen molar-refractivity contribution in [3.63, 3.8) is 0 Å². The summed E-state index contributed by atoms with van der Waals surface area (Å²) in [6.07, 6.45) is 3.53. The van der Waals surface area contributed by atoms with Crippen molar-refractivity contribution in [1.29, 1.82) is 0 Å². The molecule has 0 bridgehead atoms. The second kappa shape index (κ2) is 8.51. The molecule has 0 saturated carbocycles. The van der Waals surface area contributed by atoms with Gasteiger partial charge in [0.05, 0.1) is 11.1 Å². The molecule has 31 heavy (non-hydrogen) atoms. The number of anilines is 2. The highest BCUT2D eigenvalue weighted by Gasteiger charge is 2.12. The fourth-order valence-corrected chi connectivity index (χ4v) is 3.62. The molecule has 1 aromatic carbocycles. The number of para-hydroxylation sites is 1. The molecular weight excluding hydrogens is 395 g/mol. The van der Waals surface area contributed by atoms with Crippen LogP contribution in [0.5, 0.6) is 0 Å². The lowest BCUT2D eigenvalue weighted by Gasteiger charge is -2.08. The zero-order chi connectivity index (χ0) is 22.0. The van der Waals surface area contributed by atoms with Gasteiger partial charge in [-0.05, 0) is 56.5 Å². The molecular formula is C23H23FN6O. The van der Waals surface area contributed by atoms with E-state index in [4.69, 9.17) is 0 Å². The van der Waals surface area contributed by atoms with Gasteiger partial charge in [-0.3, -0.25) is 4.79 Å². The first-order valence-corrected chi connectivity index (χ1v) is 9.99. The zero-order valence-corrected chi connectivity index (χ0v) is 17.6. The lowest BCUT2D eigenvalue weighted by molar-refractivity contribution is 0.0953. The van der Waals surface area contributed by atoms with Crippen molar-refractivity contribution in [3.05, 3.63) is 76.6 Å². The first kappa shape index (κ1) is 20.5. The van der Waals surface area contributed by atoms with Crippen LogP contribution in [0.2, 0.25) is 0 Å². The highest BCUT2D eigenvalue weighted by atomic mass is 19.1. The number of fused-ring (bicyclic) bond motifs is 1. The highest BCUT2D eigenvalue weighted by Crippen LogP contribution is 2.24. The fourth-order valence-electron chi connectivity index (χ4n) is 3.62. The Bertz CT molecular complexity index is 1230.